The fourth-order valence-electron chi connectivity index (χ4n) is 1.25. The number of carbonyl (C=O) groups excluding carboxylic acids is 3. The molecule has 0 bridgehead atoms. The number of hydrogen-bond donors (Lipinski definition) is 0. The molecule has 0 N–H and O–H groups in total. The molecule has 0 spiro atoms. The minimum absolute atomic E-state index is 0.119. The van der Waals surface area contributed by atoms with Crippen molar-refractivity contribution in [2.24, 2.45) is 0 Å². The Morgan fingerprint density at radius 3 is 1.50 bits per heavy atom. The van der Waals surface area contributed by atoms with Crippen molar-refractivity contribution in [2.75, 3.05) is 0 Å². The molecule has 0 aromatic rings. The third-order valence-corrected chi connectivity index (χ3v) is 2.18. The molecule has 7 nitrogen and oxygen atoms in total. The quantitative estimate of drug-likeness (QED) is 0.532. The highest BCUT2D eigenvalue weighted by atomic mass is 16.6. The van der Waals surface area contributed by atoms with Gasteiger partial charge < -0.3 is 9.47 Å². The topological polar surface area (TPSA) is 92.8 Å². The van der Waals surface area contributed by atoms with E-state index < -0.39 is 30.5 Å². The van der Waals surface area contributed by atoms with E-state index in [4.69, 9.17) is 9.47 Å². The normalized spacial score (nSPS) is 13.3. The molecule has 0 heterocycles. The van der Waals surface area contributed by atoms with Crippen LogP contribution in [0.3, 0.4) is 0 Å². The first-order chi connectivity index (χ1) is 8.33. The predicted octanol–water partition coefficient (Wildman–Crippen LogP) is 1.44. The maximum atomic E-state index is 11.1. The van der Waals surface area contributed by atoms with Crippen molar-refractivity contribution < 1.29 is 29.0 Å². The van der Waals surface area contributed by atoms with Crippen LogP contribution in [0.5, 0.6) is 0 Å². The SMILES string of the molecule is CCC(=O)OC(C)N(C([O])=O)C(C)OC(=O)CC. The molecular formula is C11H18NO6. The molecule has 0 saturated carbocycles. The number of amides is 1. The number of carbonyl (C=O) groups is 3. The average Bonchev–Trinajstić information content (AvgIpc) is 2.27. The minimum atomic E-state index is -1.58. The van der Waals surface area contributed by atoms with Gasteiger partial charge in [-0.3, -0.25) is 9.59 Å². The molecule has 1 amide bonds. The third-order valence-electron chi connectivity index (χ3n) is 2.18. The summed E-state index contributed by atoms with van der Waals surface area (Å²) in [7, 11) is 0. The highest BCUT2D eigenvalue weighted by Gasteiger charge is 2.30. The van der Waals surface area contributed by atoms with Crippen molar-refractivity contribution in [3.63, 3.8) is 0 Å². The molecule has 0 aliphatic carbocycles. The zero-order valence-corrected chi connectivity index (χ0v) is 11.0. The second kappa shape index (κ2) is 7.52. The summed E-state index contributed by atoms with van der Waals surface area (Å²) in [6.45, 7) is 5.89. The van der Waals surface area contributed by atoms with Gasteiger partial charge in [-0.15, -0.1) is 0 Å². The molecule has 18 heavy (non-hydrogen) atoms. The molecule has 0 aromatic carbocycles. The van der Waals surface area contributed by atoms with E-state index in [1.807, 2.05) is 0 Å². The second-order valence-corrected chi connectivity index (χ2v) is 3.56. The van der Waals surface area contributed by atoms with Gasteiger partial charge in [-0.25, -0.2) is 14.8 Å². The minimum Gasteiger partial charge on any atom is -0.442 e. The molecule has 103 valence electrons. The van der Waals surface area contributed by atoms with Crippen LogP contribution in [0.2, 0.25) is 0 Å². The van der Waals surface area contributed by atoms with Gasteiger partial charge in [-0.05, 0) is 13.8 Å². The number of esters is 2. The van der Waals surface area contributed by atoms with E-state index in [0.717, 1.165) is 0 Å². The Bertz CT molecular complexity index is 293. The van der Waals surface area contributed by atoms with Gasteiger partial charge in [0.05, 0.1) is 0 Å². The van der Waals surface area contributed by atoms with Crippen LogP contribution in [0.4, 0.5) is 4.79 Å². The van der Waals surface area contributed by atoms with Crippen molar-refractivity contribution >= 4 is 18.0 Å². The standard InChI is InChI=1S/C11H18NO6/c1-5-9(13)17-7(3)12(11(15)16)8(4)18-10(14)6-2/h7-8H,5-6H2,1-4H3. The van der Waals surface area contributed by atoms with Gasteiger partial charge in [-0.1, -0.05) is 13.8 Å². The summed E-state index contributed by atoms with van der Waals surface area (Å²) < 4.78 is 9.67. The van der Waals surface area contributed by atoms with Crippen molar-refractivity contribution in [1.82, 2.24) is 4.90 Å². The van der Waals surface area contributed by atoms with Crippen LogP contribution in [-0.2, 0) is 24.2 Å². The molecule has 0 aliphatic heterocycles. The molecule has 0 saturated heterocycles. The molecule has 2 atom stereocenters. The van der Waals surface area contributed by atoms with Gasteiger partial charge >= 0.3 is 18.0 Å². The molecule has 0 aromatic heterocycles. The van der Waals surface area contributed by atoms with Gasteiger partial charge in [0.1, 0.15) is 0 Å². The largest absolute Gasteiger partial charge is 0.458 e. The Hall–Kier alpha value is -1.79. The fraction of sp³-hybridized carbons (Fsp3) is 0.727. The summed E-state index contributed by atoms with van der Waals surface area (Å²) >= 11 is 0. The van der Waals surface area contributed by atoms with E-state index >= 15 is 0 Å². The summed E-state index contributed by atoms with van der Waals surface area (Å²) in [5.74, 6) is -1.11. The monoisotopic (exact) mass is 260 g/mol. The lowest BCUT2D eigenvalue weighted by Crippen LogP contribution is -2.47. The molecule has 2 unspecified atom stereocenters. The van der Waals surface area contributed by atoms with Crippen LogP contribution in [0.1, 0.15) is 40.5 Å². The van der Waals surface area contributed by atoms with Crippen LogP contribution < -0.4 is 0 Å². The maximum Gasteiger partial charge on any atom is 0.458 e. The Morgan fingerprint density at radius 1 is 0.944 bits per heavy atom. The Balaban J connectivity index is 4.68. The number of hydrogen-bond acceptors (Lipinski definition) is 5. The van der Waals surface area contributed by atoms with Gasteiger partial charge in [0.25, 0.3) is 0 Å². The first-order valence-corrected chi connectivity index (χ1v) is 5.71. The molecular weight excluding hydrogens is 242 g/mol. The lowest BCUT2D eigenvalue weighted by Gasteiger charge is -2.29. The van der Waals surface area contributed by atoms with Crippen molar-refractivity contribution in [1.29, 1.82) is 0 Å². The van der Waals surface area contributed by atoms with Gasteiger partial charge in [0.2, 0.25) is 0 Å². The van der Waals surface area contributed by atoms with E-state index in [1.165, 1.54) is 13.8 Å². The van der Waals surface area contributed by atoms with E-state index in [9.17, 15) is 19.5 Å². The summed E-state index contributed by atoms with van der Waals surface area (Å²) in [5.41, 5.74) is 0. The second-order valence-electron chi connectivity index (χ2n) is 3.56. The van der Waals surface area contributed by atoms with Gasteiger partial charge in [0.15, 0.2) is 12.5 Å². The number of ether oxygens (including phenoxy) is 2. The van der Waals surface area contributed by atoms with Crippen molar-refractivity contribution in [3.05, 3.63) is 0 Å². The lowest BCUT2D eigenvalue weighted by atomic mass is 10.4. The molecule has 1 radical (unpaired) electrons. The zero-order chi connectivity index (χ0) is 14.3. The highest BCUT2D eigenvalue weighted by Crippen LogP contribution is 2.11. The smallest absolute Gasteiger partial charge is 0.442 e. The van der Waals surface area contributed by atoms with Crippen LogP contribution in [0.15, 0.2) is 0 Å². The first-order valence-electron chi connectivity index (χ1n) is 5.71. The Kier molecular flexibility index (Phi) is 6.77. The fourth-order valence-corrected chi connectivity index (χ4v) is 1.25. The summed E-state index contributed by atoms with van der Waals surface area (Å²) in [4.78, 5) is 33.8. The first kappa shape index (κ1) is 16.2. The van der Waals surface area contributed by atoms with E-state index in [2.05, 4.69) is 0 Å². The average molecular weight is 260 g/mol. The van der Waals surface area contributed by atoms with Gasteiger partial charge in [-0.2, -0.15) is 0 Å². The Labute approximate surface area is 106 Å². The molecule has 0 aliphatic rings. The van der Waals surface area contributed by atoms with Crippen molar-refractivity contribution in [2.45, 2.75) is 53.0 Å². The summed E-state index contributed by atoms with van der Waals surface area (Å²) in [6, 6.07) is 0. The molecule has 0 fully saturated rings. The highest BCUT2D eigenvalue weighted by molar-refractivity contribution is 5.71. The van der Waals surface area contributed by atoms with Gasteiger partial charge in [0, 0.05) is 12.8 Å². The summed E-state index contributed by atoms with van der Waals surface area (Å²) in [5, 5.41) is 11.0. The van der Waals surface area contributed by atoms with E-state index in [-0.39, 0.29) is 12.8 Å². The predicted molar refractivity (Wildman–Crippen MR) is 59.6 cm³/mol. The van der Waals surface area contributed by atoms with Crippen LogP contribution >= 0.6 is 0 Å². The van der Waals surface area contributed by atoms with Crippen LogP contribution in [0, 0.1) is 0 Å². The van der Waals surface area contributed by atoms with E-state index in [0.29, 0.717) is 4.90 Å². The maximum absolute atomic E-state index is 11.1. The van der Waals surface area contributed by atoms with Crippen LogP contribution in [0.25, 0.3) is 0 Å². The molecule has 0 rings (SSSR count). The summed E-state index contributed by atoms with van der Waals surface area (Å²) in [6.07, 6.45) is -3.50. The van der Waals surface area contributed by atoms with Crippen LogP contribution in [-0.4, -0.2) is 35.4 Å². The third kappa shape index (κ3) is 5.03. The molecule has 7 heteroatoms. The lowest BCUT2D eigenvalue weighted by molar-refractivity contribution is -0.174. The number of nitrogens with zero attached hydrogens (tertiary/aromatic N) is 1. The Morgan fingerprint density at radius 2 is 1.28 bits per heavy atom. The number of rotatable bonds is 6. The van der Waals surface area contributed by atoms with E-state index in [1.54, 1.807) is 13.8 Å². The zero-order valence-electron chi connectivity index (χ0n) is 11.0. The van der Waals surface area contributed by atoms with Crippen molar-refractivity contribution in [3.8, 4) is 0 Å².